The maximum atomic E-state index is 12.9. The predicted molar refractivity (Wildman–Crippen MR) is 99.3 cm³/mol. The summed E-state index contributed by atoms with van der Waals surface area (Å²) in [5, 5.41) is 9.28. The van der Waals surface area contributed by atoms with Crippen molar-refractivity contribution in [2.75, 3.05) is 33.9 Å². The maximum absolute atomic E-state index is 12.9. The fraction of sp³-hybridized carbons (Fsp3) is 0.526. The monoisotopic (exact) mass is 374 g/mol. The first kappa shape index (κ1) is 19.2. The van der Waals surface area contributed by atoms with Crippen LogP contribution in [0.3, 0.4) is 0 Å². The van der Waals surface area contributed by atoms with E-state index in [9.17, 15) is 9.90 Å². The van der Waals surface area contributed by atoms with E-state index in [1.54, 1.807) is 12.1 Å². The molecule has 146 valence electrons. The minimum atomic E-state index is -0.0877. The quantitative estimate of drug-likeness (QED) is 0.826. The second-order valence-corrected chi connectivity index (χ2v) is 6.61. The number of aromatic nitrogens is 3. The molecule has 1 fully saturated rings. The van der Waals surface area contributed by atoms with E-state index in [-0.39, 0.29) is 24.3 Å². The molecule has 8 heteroatoms. The van der Waals surface area contributed by atoms with E-state index < -0.39 is 0 Å². The number of likely N-dealkylation sites (tertiary alicyclic amines) is 1. The van der Waals surface area contributed by atoms with E-state index in [0.717, 1.165) is 24.4 Å². The Balaban J connectivity index is 1.70. The first-order valence-corrected chi connectivity index (χ1v) is 9.10. The zero-order chi connectivity index (χ0) is 19.4. The van der Waals surface area contributed by atoms with Gasteiger partial charge in [-0.25, -0.2) is 4.98 Å². The molecule has 0 radical (unpaired) electrons. The van der Waals surface area contributed by atoms with Crippen LogP contribution in [0.1, 0.15) is 40.6 Å². The van der Waals surface area contributed by atoms with Crippen molar-refractivity contribution in [3.63, 3.8) is 0 Å². The summed E-state index contributed by atoms with van der Waals surface area (Å²) in [6, 6.07) is 3.35. The van der Waals surface area contributed by atoms with Gasteiger partial charge in [-0.1, -0.05) is 0 Å². The Hall–Kier alpha value is -2.61. The van der Waals surface area contributed by atoms with Crippen LogP contribution in [0.15, 0.2) is 18.3 Å². The Bertz CT molecular complexity index is 797. The number of aryl methyl sites for hydroxylation is 1. The lowest BCUT2D eigenvalue weighted by molar-refractivity contribution is 0.0705. The zero-order valence-corrected chi connectivity index (χ0v) is 16.0. The first-order chi connectivity index (χ1) is 13.1. The minimum Gasteiger partial charge on any atom is -0.481 e. The average Bonchev–Trinajstić information content (AvgIpc) is 3.07. The summed E-state index contributed by atoms with van der Waals surface area (Å²) in [4.78, 5) is 23.5. The smallest absolute Gasteiger partial charge is 0.259 e. The third-order valence-electron chi connectivity index (χ3n) is 5.02. The SMILES string of the molecule is COc1ccc(C(=O)N2CCC(c3ncc(C)n3CCO)CC2)c(OC)n1. The summed E-state index contributed by atoms with van der Waals surface area (Å²) in [6.45, 7) is 3.92. The molecule has 1 saturated heterocycles. The van der Waals surface area contributed by atoms with Crippen LogP contribution in [0.2, 0.25) is 0 Å². The van der Waals surface area contributed by atoms with Crippen molar-refractivity contribution in [2.45, 2.75) is 32.2 Å². The van der Waals surface area contributed by atoms with Crippen LogP contribution in [0.25, 0.3) is 0 Å². The van der Waals surface area contributed by atoms with Gasteiger partial charge in [-0.15, -0.1) is 0 Å². The molecular formula is C19H26N4O4. The van der Waals surface area contributed by atoms with E-state index in [1.807, 2.05) is 18.0 Å². The third kappa shape index (κ3) is 3.90. The molecule has 8 nitrogen and oxygen atoms in total. The highest BCUT2D eigenvalue weighted by Crippen LogP contribution is 2.30. The first-order valence-electron chi connectivity index (χ1n) is 9.10. The van der Waals surface area contributed by atoms with Crippen molar-refractivity contribution in [3.8, 4) is 11.8 Å². The summed E-state index contributed by atoms with van der Waals surface area (Å²) < 4.78 is 12.4. The number of carbonyl (C=O) groups is 1. The number of aliphatic hydroxyl groups is 1. The molecule has 27 heavy (non-hydrogen) atoms. The molecule has 1 N–H and O–H groups in total. The lowest BCUT2D eigenvalue weighted by Gasteiger charge is -2.32. The number of pyridine rings is 1. The number of nitrogens with zero attached hydrogens (tertiary/aromatic N) is 4. The molecule has 0 spiro atoms. The fourth-order valence-corrected chi connectivity index (χ4v) is 3.56. The molecule has 3 rings (SSSR count). The van der Waals surface area contributed by atoms with Crippen molar-refractivity contribution in [1.29, 1.82) is 0 Å². The molecule has 2 aromatic heterocycles. The summed E-state index contributed by atoms with van der Waals surface area (Å²) in [6.07, 6.45) is 3.51. The molecule has 3 heterocycles. The number of aliphatic hydroxyl groups excluding tert-OH is 1. The topological polar surface area (TPSA) is 89.7 Å². The van der Waals surface area contributed by atoms with Crippen LogP contribution in [0, 0.1) is 6.92 Å². The van der Waals surface area contributed by atoms with Crippen LogP contribution in [0.4, 0.5) is 0 Å². The number of amides is 1. The number of imidazole rings is 1. The van der Waals surface area contributed by atoms with Crippen molar-refractivity contribution in [2.24, 2.45) is 0 Å². The Morgan fingerprint density at radius 1 is 1.26 bits per heavy atom. The summed E-state index contributed by atoms with van der Waals surface area (Å²) in [5.41, 5.74) is 1.49. The second kappa shape index (κ2) is 8.39. The summed E-state index contributed by atoms with van der Waals surface area (Å²) in [5.74, 6) is 1.88. The average molecular weight is 374 g/mol. The Kier molecular flexibility index (Phi) is 5.95. The molecule has 0 aliphatic carbocycles. The van der Waals surface area contributed by atoms with Gasteiger partial charge in [0.2, 0.25) is 11.8 Å². The molecule has 0 bridgehead atoms. The van der Waals surface area contributed by atoms with Gasteiger partial charge in [0.1, 0.15) is 11.4 Å². The number of hydrogen-bond acceptors (Lipinski definition) is 6. The highest BCUT2D eigenvalue weighted by Gasteiger charge is 2.29. The number of rotatable bonds is 6. The highest BCUT2D eigenvalue weighted by atomic mass is 16.5. The van der Waals surface area contributed by atoms with E-state index >= 15 is 0 Å². The van der Waals surface area contributed by atoms with Crippen molar-refractivity contribution in [3.05, 3.63) is 35.4 Å². The maximum Gasteiger partial charge on any atom is 0.259 e. The molecule has 1 aliphatic heterocycles. The third-order valence-corrected chi connectivity index (χ3v) is 5.02. The Morgan fingerprint density at radius 2 is 2.00 bits per heavy atom. The van der Waals surface area contributed by atoms with Gasteiger partial charge in [-0.3, -0.25) is 4.79 Å². The standard InChI is InChI=1S/C19H26N4O4/c1-13-12-20-17(23(13)10-11-24)14-6-8-22(9-7-14)19(25)15-4-5-16(26-2)21-18(15)27-3/h4-5,12,14,24H,6-11H2,1-3H3. The number of carbonyl (C=O) groups excluding carboxylic acids is 1. The second-order valence-electron chi connectivity index (χ2n) is 6.61. The van der Waals surface area contributed by atoms with Crippen LogP contribution in [-0.4, -0.2) is 64.4 Å². The van der Waals surface area contributed by atoms with E-state index in [2.05, 4.69) is 14.5 Å². The summed E-state index contributed by atoms with van der Waals surface area (Å²) >= 11 is 0. The molecule has 0 aromatic carbocycles. The minimum absolute atomic E-state index is 0.0877. The van der Waals surface area contributed by atoms with Gasteiger partial charge in [-0.05, 0) is 25.8 Å². The number of methoxy groups -OCH3 is 2. The molecule has 0 unspecified atom stereocenters. The summed E-state index contributed by atoms with van der Waals surface area (Å²) in [7, 11) is 3.02. The molecule has 0 atom stereocenters. The highest BCUT2D eigenvalue weighted by molar-refractivity contribution is 5.96. The van der Waals surface area contributed by atoms with Crippen LogP contribution in [0.5, 0.6) is 11.8 Å². The predicted octanol–water partition coefficient (Wildman–Crippen LogP) is 1.62. The molecule has 1 aliphatic rings. The van der Waals surface area contributed by atoms with Crippen LogP contribution < -0.4 is 9.47 Å². The normalized spacial score (nSPS) is 15.0. The number of piperidine rings is 1. The van der Waals surface area contributed by atoms with Gasteiger partial charge in [0, 0.05) is 43.5 Å². The number of ether oxygens (including phenoxy) is 2. The lowest BCUT2D eigenvalue weighted by atomic mass is 9.95. The Morgan fingerprint density at radius 3 is 2.63 bits per heavy atom. The van der Waals surface area contributed by atoms with Gasteiger partial charge in [0.05, 0.1) is 20.8 Å². The molecule has 0 saturated carbocycles. The van der Waals surface area contributed by atoms with Gasteiger partial charge < -0.3 is 24.0 Å². The van der Waals surface area contributed by atoms with Crippen molar-refractivity contribution >= 4 is 5.91 Å². The van der Waals surface area contributed by atoms with Crippen molar-refractivity contribution < 1.29 is 19.4 Å². The van der Waals surface area contributed by atoms with Gasteiger partial charge in [0.15, 0.2) is 0 Å². The van der Waals surface area contributed by atoms with E-state index in [1.165, 1.54) is 14.2 Å². The lowest BCUT2D eigenvalue weighted by Crippen LogP contribution is -2.38. The van der Waals surface area contributed by atoms with Crippen LogP contribution >= 0.6 is 0 Å². The number of hydrogen-bond donors (Lipinski definition) is 1. The van der Waals surface area contributed by atoms with Gasteiger partial charge in [-0.2, -0.15) is 4.98 Å². The van der Waals surface area contributed by atoms with Crippen LogP contribution in [-0.2, 0) is 6.54 Å². The van der Waals surface area contributed by atoms with E-state index in [4.69, 9.17) is 9.47 Å². The zero-order valence-electron chi connectivity index (χ0n) is 16.0. The molecule has 2 aromatic rings. The van der Waals surface area contributed by atoms with Crippen molar-refractivity contribution in [1.82, 2.24) is 19.4 Å². The molecule has 1 amide bonds. The van der Waals surface area contributed by atoms with Gasteiger partial charge in [0.25, 0.3) is 5.91 Å². The van der Waals surface area contributed by atoms with Gasteiger partial charge >= 0.3 is 0 Å². The Labute approximate surface area is 158 Å². The molecular weight excluding hydrogens is 348 g/mol. The van der Waals surface area contributed by atoms with E-state index in [0.29, 0.717) is 31.1 Å². The largest absolute Gasteiger partial charge is 0.481 e. The fourth-order valence-electron chi connectivity index (χ4n) is 3.56.